The molecule has 0 saturated carbocycles. The number of H-pyrrole nitrogens is 1. The molecule has 1 aromatic heterocycles. The number of nitrogens with one attached hydrogen (secondary N) is 2. The van der Waals surface area contributed by atoms with Crippen LogP contribution in [0.3, 0.4) is 0 Å². The van der Waals surface area contributed by atoms with E-state index in [1.54, 1.807) is 18.2 Å². The molecule has 0 fully saturated rings. The Bertz CT molecular complexity index is 1870. The lowest BCUT2D eigenvalue weighted by Gasteiger charge is -2.10. The number of methoxy groups -OCH3 is 1. The summed E-state index contributed by atoms with van der Waals surface area (Å²) < 4.78 is 11.6. The Morgan fingerprint density at radius 2 is 1.79 bits per heavy atom. The molecule has 2 N–H and O–H groups in total. The van der Waals surface area contributed by atoms with Crippen LogP contribution in [-0.4, -0.2) is 35.1 Å². The van der Waals surface area contributed by atoms with Crippen LogP contribution in [-0.2, 0) is 0 Å². The van der Waals surface area contributed by atoms with Crippen molar-refractivity contribution in [2.75, 3.05) is 7.11 Å². The summed E-state index contributed by atoms with van der Waals surface area (Å²) in [6.07, 6.45) is 1.41. The lowest BCUT2D eigenvalue weighted by atomic mass is 10.0. The number of carbonyl (C=O) groups is 2. The Morgan fingerprint density at radius 3 is 2.50 bits per heavy atom. The molecule has 0 saturated heterocycles. The van der Waals surface area contributed by atoms with Gasteiger partial charge >= 0.3 is 5.97 Å². The van der Waals surface area contributed by atoms with Gasteiger partial charge in [0.2, 0.25) is 0 Å². The first-order chi connectivity index (χ1) is 20.3. The zero-order valence-electron chi connectivity index (χ0n) is 21.8. The van der Waals surface area contributed by atoms with Gasteiger partial charge in [-0.05, 0) is 64.0 Å². The molecule has 0 aliphatic heterocycles. The van der Waals surface area contributed by atoms with Crippen molar-refractivity contribution in [2.24, 2.45) is 5.10 Å². The zero-order chi connectivity index (χ0) is 29.8. The lowest BCUT2D eigenvalue weighted by Crippen LogP contribution is -2.19. The highest BCUT2D eigenvalue weighted by molar-refractivity contribution is 9.10. The third-order valence-corrected chi connectivity index (χ3v) is 7.23. The van der Waals surface area contributed by atoms with Gasteiger partial charge in [0.25, 0.3) is 11.6 Å². The number of esters is 1. The first kappa shape index (κ1) is 28.5. The van der Waals surface area contributed by atoms with Crippen molar-refractivity contribution in [1.82, 2.24) is 10.4 Å². The quantitative estimate of drug-likeness (QED) is 0.0604. The fourth-order valence-electron chi connectivity index (χ4n) is 4.24. The summed E-state index contributed by atoms with van der Waals surface area (Å²) in [6.45, 7) is 0. The molecular formula is C30H20BrClN4O6. The Labute approximate surface area is 252 Å². The first-order valence-corrected chi connectivity index (χ1v) is 13.5. The van der Waals surface area contributed by atoms with Crippen molar-refractivity contribution < 1.29 is 24.0 Å². The summed E-state index contributed by atoms with van der Waals surface area (Å²) in [4.78, 5) is 39.3. The van der Waals surface area contributed by atoms with Crippen LogP contribution in [0, 0.1) is 10.1 Å². The highest BCUT2D eigenvalue weighted by atomic mass is 79.9. The molecule has 0 unspecified atom stereocenters. The molecule has 0 atom stereocenters. The van der Waals surface area contributed by atoms with Crippen LogP contribution < -0.4 is 14.9 Å². The monoisotopic (exact) mass is 646 g/mol. The fourth-order valence-corrected chi connectivity index (χ4v) is 4.94. The number of carbonyl (C=O) groups excluding carboxylic acids is 2. The van der Waals surface area contributed by atoms with E-state index in [4.69, 9.17) is 21.1 Å². The van der Waals surface area contributed by atoms with E-state index in [9.17, 15) is 19.7 Å². The topological polar surface area (TPSA) is 136 Å². The van der Waals surface area contributed by atoms with Gasteiger partial charge in [0.05, 0.1) is 29.3 Å². The number of aromatic amines is 1. The molecule has 0 spiro atoms. The van der Waals surface area contributed by atoms with E-state index in [2.05, 4.69) is 31.4 Å². The van der Waals surface area contributed by atoms with Gasteiger partial charge in [0, 0.05) is 38.1 Å². The number of benzene rings is 4. The summed E-state index contributed by atoms with van der Waals surface area (Å²) in [5.41, 5.74) is 5.45. The summed E-state index contributed by atoms with van der Waals surface area (Å²) in [6, 6.07) is 22.6. The van der Waals surface area contributed by atoms with Gasteiger partial charge in [-0.25, -0.2) is 10.2 Å². The summed E-state index contributed by atoms with van der Waals surface area (Å²) >= 11 is 10.0. The number of hydrogen-bond acceptors (Lipinski definition) is 7. The number of hydrogen-bond donors (Lipinski definition) is 2. The van der Waals surface area contributed by atoms with Gasteiger partial charge in [0.15, 0.2) is 11.5 Å². The summed E-state index contributed by atoms with van der Waals surface area (Å²) in [7, 11) is 1.41. The third-order valence-electron chi connectivity index (χ3n) is 6.24. The molecule has 1 heterocycles. The minimum Gasteiger partial charge on any atom is -0.493 e. The molecule has 5 aromatic rings. The predicted molar refractivity (Wildman–Crippen MR) is 163 cm³/mol. The molecular weight excluding hydrogens is 628 g/mol. The summed E-state index contributed by atoms with van der Waals surface area (Å²) in [5.74, 6) is -0.821. The van der Waals surface area contributed by atoms with Gasteiger partial charge in [-0.2, -0.15) is 5.10 Å². The number of non-ortho nitro benzene ring substituents is 1. The number of rotatable bonds is 8. The number of amides is 1. The molecule has 5 rings (SSSR count). The van der Waals surface area contributed by atoms with Gasteiger partial charge < -0.3 is 14.5 Å². The van der Waals surface area contributed by atoms with Gasteiger partial charge in [-0.3, -0.25) is 14.9 Å². The standard InChI is InChI=1S/C30H20BrClN4O6/c1-41-25-15-17(9-14-24(25)42-30(38)18-10-12-19(13-11-18)36(39)40)16-33-35-29(37)28-26(20-5-2-3-8-23(20)32)21-6-4-7-22(31)27(21)34-28/h2-16,34H,1H3,(H,35,37). The van der Waals surface area contributed by atoms with E-state index in [-0.39, 0.29) is 28.4 Å². The van der Waals surface area contributed by atoms with Crippen molar-refractivity contribution >= 4 is 62.2 Å². The Hall–Kier alpha value is -5.00. The van der Waals surface area contributed by atoms with Crippen molar-refractivity contribution in [3.63, 3.8) is 0 Å². The maximum atomic E-state index is 13.3. The second-order valence-corrected chi connectivity index (χ2v) is 10.1. The van der Waals surface area contributed by atoms with Crippen LogP contribution >= 0.6 is 27.5 Å². The number of aromatic nitrogens is 1. The number of para-hydroxylation sites is 1. The minimum absolute atomic E-state index is 0.134. The van der Waals surface area contributed by atoms with Crippen LogP contribution in [0.2, 0.25) is 5.02 Å². The van der Waals surface area contributed by atoms with Crippen LogP contribution in [0.4, 0.5) is 5.69 Å². The molecule has 210 valence electrons. The Morgan fingerprint density at radius 1 is 1.02 bits per heavy atom. The zero-order valence-corrected chi connectivity index (χ0v) is 24.1. The predicted octanol–water partition coefficient (Wildman–Crippen LogP) is 7.15. The first-order valence-electron chi connectivity index (χ1n) is 12.3. The number of hydrazone groups is 1. The summed E-state index contributed by atoms with van der Waals surface area (Å²) in [5, 5.41) is 16.2. The fraction of sp³-hybridized carbons (Fsp3) is 0.0333. The smallest absolute Gasteiger partial charge is 0.343 e. The normalized spacial score (nSPS) is 11.0. The van der Waals surface area contributed by atoms with Crippen LogP contribution in [0.1, 0.15) is 26.4 Å². The molecule has 42 heavy (non-hydrogen) atoms. The molecule has 4 aromatic carbocycles. The van der Waals surface area contributed by atoms with Crippen LogP contribution in [0.25, 0.3) is 22.0 Å². The number of halogens is 2. The van der Waals surface area contributed by atoms with Crippen molar-refractivity contribution in [2.45, 2.75) is 0 Å². The number of nitro groups is 1. The molecule has 1 amide bonds. The molecule has 0 radical (unpaired) electrons. The van der Waals surface area contributed by atoms with Crippen molar-refractivity contribution in [3.05, 3.63) is 121 Å². The van der Waals surface area contributed by atoms with E-state index >= 15 is 0 Å². The minimum atomic E-state index is -0.712. The molecule has 12 heteroatoms. The van der Waals surface area contributed by atoms with Crippen LogP contribution in [0.15, 0.2) is 94.5 Å². The average molecular weight is 648 g/mol. The van der Waals surface area contributed by atoms with E-state index < -0.39 is 16.8 Å². The largest absolute Gasteiger partial charge is 0.493 e. The van der Waals surface area contributed by atoms with Crippen molar-refractivity contribution in [1.29, 1.82) is 0 Å². The average Bonchev–Trinajstić information content (AvgIpc) is 3.39. The second kappa shape index (κ2) is 12.2. The SMILES string of the molecule is COc1cc(C=NNC(=O)c2[nH]c3c(Br)cccc3c2-c2ccccc2Cl)ccc1OC(=O)c1ccc([N+](=O)[O-])cc1. The molecule has 0 aliphatic carbocycles. The number of fused-ring (bicyclic) bond motifs is 1. The number of ether oxygens (including phenoxy) is 2. The Kier molecular flexibility index (Phi) is 8.32. The van der Waals surface area contributed by atoms with E-state index in [1.807, 2.05) is 36.4 Å². The third kappa shape index (κ3) is 5.87. The van der Waals surface area contributed by atoms with Gasteiger partial charge in [-0.1, -0.05) is 41.9 Å². The molecule has 10 nitrogen and oxygen atoms in total. The van der Waals surface area contributed by atoms with Gasteiger partial charge in [-0.15, -0.1) is 0 Å². The van der Waals surface area contributed by atoms with Crippen LogP contribution in [0.5, 0.6) is 11.5 Å². The number of nitro benzene ring substituents is 1. The van der Waals surface area contributed by atoms with E-state index in [0.717, 1.165) is 15.4 Å². The molecule has 0 bridgehead atoms. The van der Waals surface area contributed by atoms with E-state index in [0.29, 0.717) is 21.7 Å². The lowest BCUT2D eigenvalue weighted by molar-refractivity contribution is -0.384. The highest BCUT2D eigenvalue weighted by Crippen LogP contribution is 2.38. The Balaban J connectivity index is 1.34. The second-order valence-electron chi connectivity index (χ2n) is 8.82. The maximum Gasteiger partial charge on any atom is 0.343 e. The number of nitrogens with zero attached hydrogens (tertiary/aromatic N) is 2. The molecule has 0 aliphatic rings. The van der Waals surface area contributed by atoms with Gasteiger partial charge in [0.1, 0.15) is 5.69 Å². The van der Waals surface area contributed by atoms with Crippen molar-refractivity contribution in [3.8, 4) is 22.6 Å². The maximum absolute atomic E-state index is 13.3. The highest BCUT2D eigenvalue weighted by Gasteiger charge is 2.22. The van der Waals surface area contributed by atoms with E-state index in [1.165, 1.54) is 43.7 Å².